The molecule has 24 nitrogen and oxygen atoms in total. The highest BCUT2D eigenvalue weighted by molar-refractivity contribution is 5.78. The monoisotopic (exact) mass is 1480 g/mol. The zero-order valence-corrected chi connectivity index (χ0v) is 62.9. The molecule has 0 amide bonds. The molecule has 8 aromatic rings. The first-order chi connectivity index (χ1) is 52.6. The van der Waals surface area contributed by atoms with E-state index in [4.69, 9.17) is 18.9 Å². The number of benzene rings is 8. The Morgan fingerprint density at radius 1 is 0.318 bits per heavy atom. The molecule has 9 aliphatic rings. The molecule has 0 aliphatic carbocycles. The van der Waals surface area contributed by atoms with Crippen molar-refractivity contribution in [3.05, 3.63) is 277 Å². The fourth-order valence-electron chi connectivity index (χ4n) is 18.3. The maximum atomic E-state index is 13.1. The number of ether oxygens (including phenoxy) is 4. The number of nitro benzene ring substituents is 4. The predicted octanol–water partition coefficient (Wildman–Crippen LogP) is 16.4. The molecule has 17 rings (SSSR count). The third kappa shape index (κ3) is 11.7. The molecular formula is C86H88N12O12. The molecule has 0 radical (unpaired) electrons. The van der Waals surface area contributed by atoms with Crippen LogP contribution >= 0.6 is 0 Å². The summed E-state index contributed by atoms with van der Waals surface area (Å²) < 4.78 is 29.3. The average Bonchev–Trinajstić information content (AvgIpc) is 1.60. The van der Waals surface area contributed by atoms with Crippen molar-refractivity contribution in [3.63, 3.8) is 0 Å². The van der Waals surface area contributed by atoms with E-state index in [2.05, 4.69) is 121 Å². The van der Waals surface area contributed by atoms with Gasteiger partial charge in [0.15, 0.2) is 0 Å². The molecule has 1 fully saturated rings. The van der Waals surface area contributed by atoms with Crippen molar-refractivity contribution < 1.29 is 38.6 Å². The molecule has 9 aliphatic heterocycles. The van der Waals surface area contributed by atoms with Gasteiger partial charge >= 0.3 is 0 Å². The van der Waals surface area contributed by atoms with Crippen LogP contribution in [0.2, 0.25) is 0 Å². The summed E-state index contributed by atoms with van der Waals surface area (Å²) in [6, 6.07) is 45.1. The zero-order chi connectivity index (χ0) is 76.7. The Balaban J connectivity index is 0.761. The van der Waals surface area contributed by atoms with Crippen molar-refractivity contribution >= 4 is 69.8 Å². The molecule has 0 aromatic heterocycles. The Labute approximate surface area is 637 Å². The van der Waals surface area contributed by atoms with E-state index in [0.29, 0.717) is 133 Å². The van der Waals surface area contributed by atoms with E-state index in [-0.39, 0.29) is 68.6 Å². The van der Waals surface area contributed by atoms with E-state index in [0.717, 1.165) is 45.0 Å². The van der Waals surface area contributed by atoms with Crippen LogP contribution in [0.4, 0.5) is 45.5 Å². The van der Waals surface area contributed by atoms with Crippen LogP contribution < -0.4 is 40.2 Å². The first-order valence-corrected chi connectivity index (χ1v) is 37.8. The smallest absolute Gasteiger partial charge is 0.270 e. The van der Waals surface area contributed by atoms with Crippen LogP contribution in [0.15, 0.2) is 170 Å². The zero-order valence-electron chi connectivity index (χ0n) is 62.9. The highest BCUT2D eigenvalue weighted by atomic mass is 16.6. The lowest BCUT2D eigenvalue weighted by Crippen LogP contribution is -2.53. The minimum Gasteiger partial charge on any atom is -0.463 e. The van der Waals surface area contributed by atoms with Gasteiger partial charge in [-0.2, -0.15) is 0 Å². The molecule has 8 aromatic carbocycles. The molecule has 4 N–H and O–H groups in total. The number of hydrogen-bond donors (Lipinski definition) is 4. The third-order valence-corrected chi connectivity index (χ3v) is 24.9. The van der Waals surface area contributed by atoms with Crippen molar-refractivity contribution in [3.8, 4) is 23.0 Å². The van der Waals surface area contributed by atoms with Gasteiger partial charge in [-0.1, -0.05) is 72.8 Å². The second-order valence-electron chi connectivity index (χ2n) is 32.8. The Hall–Kier alpha value is -11.4. The lowest BCUT2D eigenvalue weighted by atomic mass is 9.76. The topological polar surface area (TPSA) is 271 Å². The minimum atomic E-state index is -1.06. The Morgan fingerprint density at radius 3 is 0.727 bits per heavy atom. The average molecular weight is 1480 g/mol. The second-order valence-corrected chi connectivity index (χ2v) is 32.8. The molecule has 0 saturated carbocycles. The van der Waals surface area contributed by atoms with Crippen molar-refractivity contribution in [1.29, 1.82) is 0 Å². The summed E-state index contributed by atoms with van der Waals surface area (Å²) in [5, 5.41) is 67.2. The molecule has 1 saturated heterocycles. The Morgan fingerprint density at radius 2 is 0.527 bits per heavy atom. The number of para-hydroxylation sites is 4. The maximum Gasteiger partial charge on any atom is 0.270 e. The quantitative estimate of drug-likeness (QED) is 0.0654. The van der Waals surface area contributed by atoms with Gasteiger partial charge < -0.3 is 40.2 Å². The molecule has 4 unspecified atom stereocenters. The van der Waals surface area contributed by atoms with E-state index in [1.807, 2.05) is 121 Å². The van der Waals surface area contributed by atoms with E-state index in [1.165, 1.54) is 0 Å². The van der Waals surface area contributed by atoms with Crippen LogP contribution in [0.25, 0.3) is 24.3 Å². The largest absolute Gasteiger partial charge is 0.463 e. The maximum absolute atomic E-state index is 13.1. The van der Waals surface area contributed by atoms with Gasteiger partial charge in [0.2, 0.25) is 22.9 Å². The highest BCUT2D eigenvalue weighted by Gasteiger charge is 2.59. The molecule has 4 spiro atoms. The molecule has 110 heavy (non-hydrogen) atoms. The standard InChI is InChI=1S/C86H88N12O12/c1-79(2)67-19-9-13-23-71(67)87-83(79)31-27-55-43-63(95(99)100)47-59(75(55)107-83)51-91-35-17-36-93(53-61-49-65(97(103)104)45-57-29-33-85(109-77(57)61)81(5,6)69-21-11-15-25-73(69)89-85)41-42-94(54-62-50-66(98(105)106)46-58-30-34-86(110-78(58)62)82(7,8)70-22-12-16-26-74(70)90-86)38-18-37-92(40-39-91)52-60-48-64(96(101)102)44-56-28-32-84(108-76(56)60)80(3,4)68-20-10-14-24-72(68)88-84/h9-16,19-34,43-50,87-90H,17-18,35-42,51-54H2,1-8H3. The molecule has 564 valence electrons. The van der Waals surface area contributed by atoms with Gasteiger partial charge in [0.25, 0.3) is 22.7 Å². The number of nitrogens with zero attached hydrogens (tertiary/aromatic N) is 8. The molecular weight excluding hydrogens is 1390 g/mol. The predicted molar refractivity (Wildman–Crippen MR) is 425 cm³/mol. The van der Waals surface area contributed by atoms with Gasteiger partial charge in [0.05, 0.1) is 41.4 Å². The van der Waals surface area contributed by atoms with Crippen LogP contribution in [0, 0.1) is 40.5 Å². The number of nitrogens with one attached hydrogen (secondary N) is 4. The van der Waals surface area contributed by atoms with Crippen LogP contribution in [0.3, 0.4) is 0 Å². The van der Waals surface area contributed by atoms with Crippen LogP contribution in [-0.2, 0) is 47.8 Å². The number of nitro groups is 4. The summed E-state index contributed by atoms with van der Waals surface area (Å²) in [5.41, 5.74) is 5.61. The summed E-state index contributed by atoms with van der Waals surface area (Å²) >= 11 is 0. The van der Waals surface area contributed by atoms with Crippen molar-refractivity contribution in [2.45, 2.75) is 139 Å². The summed E-state index contributed by atoms with van der Waals surface area (Å²) in [7, 11) is 0. The SMILES string of the molecule is CC1(C)c2ccccc2NC12C=Cc1cc([N+](=O)[O-])cc(CN3CCCN(Cc4cc([N+](=O)[O-])cc5c4OC4(C=C5)Nc5ccccc5C4(C)C)CCN(Cc4cc([N+](=O)[O-])cc5c4OC4(C=C5)Nc5ccccc5C4(C)C)CCCN(Cc4cc([N+](=O)[O-])cc5c4OC4(C=C5)Nc5ccccc5C4(C)C)CC3)c1O2. The fraction of sp³-hybridized carbons (Fsp3) is 0.349. The lowest BCUT2D eigenvalue weighted by molar-refractivity contribution is -0.385. The van der Waals surface area contributed by atoms with E-state index in [1.54, 1.807) is 48.5 Å². The van der Waals surface area contributed by atoms with Gasteiger partial charge in [-0.05, 0) is 190 Å². The first kappa shape index (κ1) is 71.5. The Kier molecular flexibility index (Phi) is 17.0. The van der Waals surface area contributed by atoms with E-state index >= 15 is 0 Å². The van der Waals surface area contributed by atoms with Gasteiger partial charge in [-0.25, -0.2) is 0 Å². The summed E-state index contributed by atoms with van der Waals surface area (Å²) in [6.07, 6.45) is 16.6. The number of fused-ring (bicyclic) bond motifs is 8. The third-order valence-electron chi connectivity index (χ3n) is 24.9. The number of anilines is 4. The molecule has 4 atom stereocenters. The van der Waals surface area contributed by atoms with Crippen LogP contribution in [0.1, 0.15) is 135 Å². The van der Waals surface area contributed by atoms with Crippen LogP contribution in [-0.4, -0.2) is 115 Å². The molecule has 9 heterocycles. The van der Waals surface area contributed by atoms with Crippen molar-refractivity contribution in [2.24, 2.45) is 0 Å². The van der Waals surface area contributed by atoms with Gasteiger partial charge in [0.1, 0.15) is 23.0 Å². The normalized spacial score (nSPS) is 24.1. The highest BCUT2D eigenvalue weighted by Crippen LogP contribution is 2.57. The number of hydrogen-bond acceptors (Lipinski definition) is 20. The van der Waals surface area contributed by atoms with Crippen LogP contribution in [0.5, 0.6) is 23.0 Å². The van der Waals surface area contributed by atoms with E-state index < -0.39 is 44.6 Å². The lowest BCUT2D eigenvalue weighted by Gasteiger charge is -2.42. The Bertz CT molecular complexity index is 4670. The first-order valence-electron chi connectivity index (χ1n) is 37.8. The molecule has 24 heteroatoms. The number of non-ortho nitro benzene ring substituents is 4. The molecule has 0 bridgehead atoms. The number of rotatable bonds is 12. The van der Waals surface area contributed by atoms with Crippen molar-refractivity contribution in [2.75, 3.05) is 73.6 Å². The van der Waals surface area contributed by atoms with Crippen molar-refractivity contribution in [1.82, 2.24) is 19.6 Å². The van der Waals surface area contributed by atoms with Gasteiger partial charge in [0, 0.05) is 168 Å². The summed E-state index contributed by atoms with van der Waals surface area (Å²) in [5.74, 6) is 2.05. The minimum absolute atomic E-state index is 0.0911. The van der Waals surface area contributed by atoms with Gasteiger partial charge in [-0.3, -0.25) is 60.1 Å². The summed E-state index contributed by atoms with van der Waals surface area (Å²) in [6.45, 7) is 21.2. The van der Waals surface area contributed by atoms with Gasteiger partial charge in [-0.15, -0.1) is 0 Å². The van der Waals surface area contributed by atoms with E-state index in [9.17, 15) is 40.5 Å². The second kappa shape index (κ2) is 26.1. The summed E-state index contributed by atoms with van der Waals surface area (Å²) in [4.78, 5) is 60.0. The fourth-order valence-corrected chi connectivity index (χ4v) is 18.3.